The first kappa shape index (κ1) is 10.2. The van der Waals surface area contributed by atoms with Crippen LogP contribution < -0.4 is 0 Å². The van der Waals surface area contributed by atoms with Crippen LogP contribution in [0.3, 0.4) is 0 Å². The molecule has 1 aromatic carbocycles. The Morgan fingerprint density at radius 2 is 2.00 bits per heavy atom. The number of benzene rings is 1. The summed E-state index contributed by atoms with van der Waals surface area (Å²) in [6, 6.07) is 8.87. The van der Waals surface area contributed by atoms with Crippen molar-refractivity contribution in [3.63, 3.8) is 0 Å². The Labute approximate surface area is 101 Å². The van der Waals surface area contributed by atoms with Crippen molar-refractivity contribution in [1.82, 2.24) is 14.5 Å². The number of rotatable bonds is 1. The van der Waals surface area contributed by atoms with Gasteiger partial charge in [0.05, 0.1) is 5.52 Å². The summed E-state index contributed by atoms with van der Waals surface area (Å²) in [5.41, 5.74) is 0.750. The van der Waals surface area contributed by atoms with Crippen molar-refractivity contribution in [3.8, 4) is 5.82 Å². The summed E-state index contributed by atoms with van der Waals surface area (Å²) in [7, 11) is 0. The van der Waals surface area contributed by atoms with Crippen molar-refractivity contribution < 1.29 is 4.39 Å². The van der Waals surface area contributed by atoms with Crippen molar-refractivity contribution in [2.45, 2.75) is 0 Å². The van der Waals surface area contributed by atoms with Crippen LogP contribution in [0.4, 0.5) is 4.39 Å². The predicted molar refractivity (Wildman–Crippen MR) is 63.8 cm³/mol. The molecule has 84 valence electrons. The van der Waals surface area contributed by atoms with Crippen molar-refractivity contribution in [3.05, 3.63) is 53.8 Å². The number of nitrogens with zero attached hydrogens (tertiary/aromatic N) is 3. The normalized spacial score (nSPS) is 10.9. The summed E-state index contributed by atoms with van der Waals surface area (Å²) >= 11 is 5.72. The smallest absolute Gasteiger partial charge is 0.224 e. The van der Waals surface area contributed by atoms with Crippen LogP contribution in [-0.4, -0.2) is 14.5 Å². The van der Waals surface area contributed by atoms with Gasteiger partial charge in [0.15, 0.2) is 0 Å². The predicted octanol–water partition coefficient (Wildman–Crippen LogP) is 3.21. The Morgan fingerprint density at radius 1 is 1.18 bits per heavy atom. The van der Waals surface area contributed by atoms with Gasteiger partial charge in [-0.2, -0.15) is 4.98 Å². The van der Waals surface area contributed by atoms with E-state index in [0.29, 0.717) is 11.2 Å². The van der Waals surface area contributed by atoms with Crippen LogP contribution in [0, 0.1) is 5.82 Å². The Balaban J connectivity index is 2.31. The Morgan fingerprint density at radius 3 is 2.82 bits per heavy atom. The molecule has 0 spiro atoms. The van der Waals surface area contributed by atoms with Gasteiger partial charge in [-0.3, -0.25) is 4.57 Å². The monoisotopic (exact) mass is 247 g/mol. The standard InChI is InChI=1S/C12H7ClFN3/c13-12-15-6-5-11(16-12)17-7-9(14)8-3-1-2-4-10(8)17/h1-7H. The van der Waals surface area contributed by atoms with Gasteiger partial charge in [-0.15, -0.1) is 0 Å². The van der Waals surface area contributed by atoms with Crippen molar-refractivity contribution in [2.75, 3.05) is 0 Å². The molecule has 5 heteroatoms. The third-order valence-electron chi connectivity index (χ3n) is 2.52. The molecule has 0 fully saturated rings. The lowest BCUT2D eigenvalue weighted by Crippen LogP contribution is -1.96. The largest absolute Gasteiger partial charge is 0.298 e. The van der Waals surface area contributed by atoms with Gasteiger partial charge in [-0.1, -0.05) is 12.1 Å². The van der Waals surface area contributed by atoms with Crippen LogP contribution in [0.2, 0.25) is 5.28 Å². The molecule has 2 aromatic heterocycles. The molecular weight excluding hydrogens is 241 g/mol. The maximum Gasteiger partial charge on any atom is 0.224 e. The first-order valence-electron chi connectivity index (χ1n) is 5.00. The van der Waals surface area contributed by atoms with Crippen LogP contribution in [0.15, 0.2) is 42.7 Å². The average Bonchev–Trinajstić information content (AvgIpc) is 2.68. The van der Waals surface area contributed by atoms with E-state index in [1.54, 1.807) is 22.8 Å². The van der Waals surface area contributed by atoms with Gasteiger partial charge in [-0.25, -0.2) is 9.37 Å². The first-order chi connectivity index (χ1) is 8.25. The molecule has 0 amide bonds. The van der Waals surface area contributed by atoms with Crippen LogP contribution in [0.25, 0.3) is 16.7 Å². The van der Waals surface area contributed by atoms with Crippen LogP contribution in [-0.2, 0) is 0 Å². The van der Waals surface area contributed by atoms with E-state index < -0.39 is 0 Å². The summed E-state index contributed by atoms with van der Waals surface area (Å²) in [6.45, 7) is 0. The third kappa shape index (κ3) is 1.66. The highest BCUT2D eigenvalue weighted by atomic mass is 35.5. The van der Waals surface area contributed by atoms with E-state index in [2.05, 4.69) is 9.97 Å². The van der Waals surface area contributed by atoms with Gasteiger partial charge < -0.3 is 0 Å². The quantitative estimate of drug-likeness (QED) is 0.618. The zero-order valence-corrected chi connectivity index (χ0v) is 9.39. The molecule has 2 heterocycles. The number of hydrogen-bond acceptors (Lipinski definition) is 2. The molecule has 3 nitrogen and oxygen atoms in total. The van der Waals surface area contributed by atoms with E-state index in [0.717, 1.165) is 5.52 Å². The summed E-state index contributed by atoms with van der Waals surface area (Å²) in [5, 5.41) is 0.697. The van der Waals surface area contributed by atoms with Crippen LogP contribution in [0.1, 0.15) is 0 Å². The summed E-state index contributed by atoms with van der Waals surface area (Å²) in [6.07, 6.45) is 2.93. The minimum atomic E-state index is -0.282. The molecule has 0 saturated carbocycles. The molecular formula is C12H7ClFN3. The maximum atomic E-state index is 13.7. The molecule has 3 rings (SSSR count). The van der Waals surface area contributed by atoms with Gasteiger partial charge in [0.25, 0.3) is 0 Å². The second kappa shape index (κ2) is 3.82. The fraction of sp³-hybridized carbons (Fsp3) is 0. The average molecular weight is 248 g/mol. The minimum Gasteiger partial charge on any atom is -0.298 e. The second-order valence-electron chi connectivity index (χ2n) is 3.55. The van der Waals surface area contributed by atoms with Crippen molar-refractivity contribution >= 4 is 22.5 Å². The number of hydrogen-bond donors (Lipinski definition) is 0. The zero-order chi connectivity index (χ0) is 11.8. The topological polar surface area (TPSA) is 30.7 Å². The van der Waals surface area contributed by atoms with E-state index >= 15 is 0 Å². The van der Waals surface area contributed by atoms with Gasteiger partial charge in [0.1, 0.15) is 11.6 Å². The molecule has 0 radical (unpaired) electrons. The molecule has 17 heavy (non-hydrogen) atoms. The molecule has 0 aliphatic heterocycles. The molecule has 0 aliphatic rings. The van der Waals surface area contributed by atoms with E-state index in [-0.39, 0.29) is 11.1 Å². The summed E-state index contributed by atoms with van der Waals surface area (Å²) in [5.74, 6) is 0.264. The summed E-state index contributed by atoms with van der Waals surface area (Å²) < 4.78 is 15.3. The van der Waals surface area contributed by atoms with Crippen molar-refractivity contribution in [1.29, 1.82) is 0 Å². The van der Waals surface area contributed by atoms with Crippen LogP contribution >= 0.6 is 11.6 Å². The second-order valence-corrected chi connectivity index (χ2v) is 3.89. The fourth-order valence-electron chi connectivity index (χ4n) is 1.79. The van der Waals surface area contributed by atoms with Crippen molar-refractivity contribution in [2.24, 2.45) is 0 Å². The lowest BCUT2D eigenvalue weighted by atomic mass is 10.2. The zero-order valence-electron chi connectivity index (χ0n) is 8.64. The number of aromatic nitrogens is 3. The molecule has 0 aliphatic carbocycles. The van der Waals surface area contributed by atoms with Gasteiger partial charge in [0.2, 0.25) is 5.28 Å². The SMILES string of the molecule is Fc1cn(-c2ccnc(Cl)n2)c2ccccc12. The lowest BCUT2D eigenvalue weighted by Gasteiger charge is -2.03. The van der Waals surface area contributed by atoms with E-state index in [1.165, 1.54) is 12.4 Å². The van der Waals surface area contributed by atoms with Gasteiger partial charge in [0, 0.05) is 17.8 Å². The lowest BCUT2D eigenvalue weighted by molar-refractivity contribution is 0.636. The number of para-hydroxylation sites is 1. The Kier molecular flexibility index (Phi) is 2.30. The molecule has 3 aromatic rings. The maximum absolute atomic E-state index is 13.7. The third-order valence-corrected chi connectivity index (χ3v) is 2.70. The number of halogens is 2. The first-order valence-corrected chi connectivity index (χ1v) is 5.38. The molecule has 0 unspecified atom stereocenters. The molecule has 0 bridgehead atoms. The summed E-state index contributed by atoms with van der Waals surface area (Å²) in [4.78, 5) is 7.86. The molecule has 0 saturated heterocycles. The Bertz CT molecular complexity index is 693. The van der Waals surface area contributed by atoms with Crippen LogP contribution in [0.5, 0.6) is 0 Å². The highest BCUT2D eigenvalue weighted by Gasteiger charge is 2.09. The molecule has 0 N–H and O–H groups in total. The highest BCUT2D eigenvalue weighted by Crippen LogP contribution is 2.22. The molecule has 0 atom stereocenters. The minimum absolute atomic E-state index is 0.140. The van der Waals surface area contributed by atoms with E-state index in [4.69, 9.17) is 11.6 Å². The number of fused-ring (bicyclic) bond motifs is 1. The van der Waals surface area contributed by atoms with Gasteiger partial charge >= 0.3 is 0 Å². The van der Waals surface area contributed by atoms with Gasteiger partial charge in [-0.05, 0) is 29.8 Å². The fourth-order valence-corrected chi connectivity index (χ4v) is 1.93. The van der Waals surface area contributed by atoms with E-state index in [9.17, 15) is 4.39 Å². The highest BCUT2D eigenvalue weighted by molar-refractivity contribution is 6.28. The Hall–Kier alpha value is -1.94. The van der Waals surface area contributed by atoms with E-state index in [1.807, 2.05) is 12.1 Å².